The molecule has 0 aliphatic carbocycles. The van der Waals surface area contributed by atoms with Crippen molar-refractivity contribution < 1.29 is 0 Å². The Bertz CT molecular complexity index is 394. The van der Waals surface area contributed by atoms with Crippen LogP contribution in [0.3, 0.4) is 0 Å². The molecule has 1 aromatic carbocycles. The third-order valence-corrected chi connectivity index (χ3v) is 3.29. The molecular weight excluding hydrogens is 214 g/mol. The number of halogens is 1. The molecule has 0 saturated heterocycles. The van der Waals surface area contributed by atoms with Gasteiger partial charge in [0.05, 0.1) is 6.04 Å². The molecule has 2 aromatic rings. The van der Waals surface area contributed by atoms with Gasteiger partial charge in [-0.2, -0.15) is 0 Å². The number of nitrogens with two attached hydrogens (primary N) is 1. The second kappa shape index (κ2) is 4.13. The third kappa shape index (κ3) is 1.98. The molecule has 0 amide bonds. The van der Waals surface area contributed by atoms with E-state index in [0.717, 1.165) is 10.6 Å². The Balaban J connectivity index is 2.28. The average molecular weight is 224 g/mol. The van der Waals surface area contributed by atoms with Gasteiger partial charge in [-0.15, -0.1) is 11.3 Å². The highest BCUT2D eigenvalue weighted by atomic mass is 35.5. The van der Waals surface area contributed by atoms with Crippen LogP contribution in [-0.2, 0) is 0 Å². The molecule has 0 saturated carbocycles. The Kier molecular flexibility index (Phi) is 2.87. The Morgan fingerprint density at radius 2 is 1.86 bits per heavy atom. The zero-order valence-electron chi connectivity index (χ0n) is 7.48. The van der Waals surface area contributed by atoms with E-state index >= 15 is 0 Å². The molecule has 0 spiro atoms. The smallest absolute Gasteiger partial charge is 0.0646 e. The van der Waals surface area contributed by atoms with Gasteiger partial charge in [-0.3, -0.25) is 0 Å². The van der Waals surface area contributed by atoms with Gasteiger partial charge in [-0.05, 0) is 29.1 Å². The van der Waals surface area contributed by atoms with Crippen LogP contribution in [0.4, 0.5) is 0 Å². The molecular formula is C11H10ClNS. The number of hydrogen-bond acceptors (Lipinski definition) is 2. The fourth-order valence-corrected chi connectivity index (χ4v) is 2.18. The Labute approximate surface area is 92.1 Å². The lowest BCUT2D eigenvalue weighted by atomic mass is 10.1. The molecule has 0 bridgehead atoms. The van der Waals surface area contributed by atoms with Gasteiger partial charge in [0.25, 0.3) is 0 Å². The maximum absolute atomic E-state index is 6.08. The van der Waals surface area contributed by atoms with Crippen molar-refractivity contribution >= 4 is 22.9 Å². The van der Waals surface area contributed by atoms with Crippen molar-refractivity contribution in [2.45, 2.75) is 6.04 Å². The van der Waals surface area contributed by atoms with E-state index < -0.39 is 0 Å². The molecule has 3 heteroatoms. The molecule has 1 heterocycles. The predicted molar refractivity (Wildman–Crippen MR) is 61.8 cm³/mol. The van der Waals surface area contributed by atoms with Crippen LogP contribution in [-0.4, -0.2) is 0 Å². The first kappa shape index (κ1) is 9.71. The van der Waals surface area contributed by atoms with Crippen molar-refractivity contribution in [2.75, 3.05) is 0 Å². The fraction of sp³-hybridized carbons (Fsp3) is 0.0909. The highest BCUT2D eigenvalue weighted by Crippen LogP contribution is 2.24. The van der Waals surface area contributed by atoms with Crippen molar-refractivity contribution in [3.8, 4) is 0 Å². The minimum Gasteiger partial charge on any atom is -0.320 e. The molecule has 14 heavy (non-hydrogen) atoms. The summed E-state index contributed by atoms with van der Waals surface area (Å²) in [6, 6.07) is 11.7. The highest BCUT2D eigenvalue weighted by molar-refractivity contribution is 7.10. The average Bonchev–Trinajstić information content (AvgIpc) is 2.71. The predicted octanol–water partition coefficient (Wildman–Crippen LogP) is 3.45. The van der Waals surface area contributed by atoms with Gasteiger partial charge in [0.15, 0.2) is 0 Å². The summed E-state index contributed by atoms with van der Waals surface area (Å²) in [7, 11) is 0. The molecule has 2 N–H and O–H groups in total. The zero-order chi connectivity index (χ0) is 9.97. The van der Waals surface area contributed by atoms with E-state index in [4.69, 9.17) is 17.3 Å². The summed E-state index contributed by atoms with van der Waals surface area (Å²) >= 11 is 7.48. The molecule has 1 nitrogen and oxygen atoms in total. The maximum atomic E-state index is 6.08. The molecule has 72 valence electrons. The van der Waals surface area contributed by atoms with Gasteiger partial charge in [0.2, 0.25) is 0 Å². The first-order chi connectivity index (χ1) is 6.77. The summed E-state index contributed by atoms with van der Waals surface area (Å²) < 4.78 is 0. The van der Waals surface area contributed by atoms with E-state index in [1.807, 2.05) is 41.8 Å². The lowest BCUT2D eigenvalue weighted by Crippen LogP contribution is -2.09. The maximum Gasteiger partial charge on any atom is 0.0646 e. The summed E-state index contributed by atoms with van der Waals surface area (Å²) in [4.78, 5) is 1.17. The summed E-state index contributed by atoms with van der Waals surface area (Å²) in [5.41, 5.74) is 7.17. The highest BCUT2D eigenvalue weighted by Gasteiger charge is 2.08. The van der Waals surface area contributed by atoms with E-state index in [1.54, 1.807) is 11.3 Å². The minimum atomic E-state index is -0.0349. The number of benzene rings is 1. The molecule has 0 radical (unpaired) electrons. The molecule has 0 aliphatic heterocycles. The standard InChI is InChI=1S/C11H10ClNS/c12-9-5-3-8(4-6-9)11(13)10-2-1-7-14-10/h1-7,11H,13H2. The van der Waals surface area contributed by atoms with Gasteiger partial charge >= 0.3 is 0 Å². The van der Waals surface area contributed by atoms with Crippen LogP contribution in [0.5, 0.6) is 0 Å². The normalized spacial score (nSPS) is 12.7. The number of hydrogen-bond donors (Lipinski definition) is 1. The number of rotatable bonds is 2. The summed E-state index contributed by atoms with van der Waals surface area (Å²) in [6.07, 6.45) is 0. The monoisotopic (exact) mass is 223 g/mol. The van der Waals surface area contributed by atoms with E-state index in [0.29, 0.717) is 0 Å². The minimum absolute atomic E-state index is 0.0349. The van der Waals surface area contributed by atoms with E-state index in [1.165, 1.54) is 4.88 Å². The van der Waals surface area contributed by atoms with Crippen molar-refractivity contribution in [3.63, 3.8) is 0 Å². The molecule has 0 fully saturated rings. The lowest BCUT2D eigenvalue weighted by molar-refractivity contribution is 0.894. The summed E-state index contributed by atoms with van der Waals surface area (Å²) in [6.45, 7) is 0. The van der Waals surface area contributed by atoms with Crippen LogP contribution in [0.15, 0.2) is 41.8 Å². The Hall–Kier alpha value is -0.830. The lowest BCUT2D eigenvalue weighted by Gasteiger charge is -2.09. The summed E-state index contributed by atoms with van der Waals surface area (Å²) in [5.74, 6) is 0. The van der Waals surface area contributed by atoms with E-state index in [-0.39, 0.29) is 6.04 Å². The van der Waals surface area contributed by atoms with Gasteiger partial charge in [0, 0.05) is 9.90 Å². The summed E-state index contributed by atoms with van der Waals surface area (Å²) in [5, 5.41) is 2.78. The van der Waals surface area contributed by atoms with Gasteiger partial charge in [-0.1, -0.05) is 29.8 Å². The molecule has 2 rings (SSSR count). The van der Waals surface area contributed by atoms with Gasteiger partial charge in [-0.25, -0.2) is 0 Å². The quantitative estimate of drug-likeness (QED) is 0.829. The van der Waals surface area contributed by atoms with Crippen LogP contribution in [0, 0.1) is 0 Å². The number of thiophene rings is 1. The largest absolute Gasteiger partial charge is 0.320 e. The molecule has 1 aromatic heterocycles. The first-order valence-electron chi connectivity index (χ1n) is 4.32. The zero-order valence-corrected chi connectivity index (χ0v) is 9.05. The molecule has 1 atom stereocenters. The van der Waals surface area contributed by atoms with Crippen LogP contribution in [0.1, 0.15) is 16.5 Å². The van der Waals surface area contributed by atoms with Crippen molar-refractivity contribution in [3.05, 3.63) is 57.2 Å². The Morgan fingerprint density at radius 3 is 2.43 bits per heavy atom. The molecule has 1 unspecified atom stereocenters. The van der Waals surface area contributed by atoms with Crippen molar-refractivity contribution in [2.24, 2.45) is 5.73 Å². The van der Waals surface area contributed by atoms with Crippen molar-refractivity contribution in [1.29, 1.82) is 0 Å². The van der Waals surface area contributed by atoms with Crippen molar-refractivity contribution in [1.82, 2.24) is 0 Å². The van der Waals surface area contributed by atoms with Gasteiger partial charge < -0.3 is 5.73 Å². The van der Waals surface area contributed by atoms with Crippen LogP contribution < -0.4 is 5.73 Å². The topological polar surface area (TPSA) is 26.0 Å². The van der Waals surface area contributed by atoms with Gasteiger partial charge in [0.1, 0.15) is 0 Å². The SMILES string of the molecule is NC(c1ccc(Cl)cc1)c1cccs1. The molecule has 0 aliphatic rings. The van der Waals surface area contributed by atoms with E-state index in [9.17, 15) is 0 Å². The second-order valence-electron chi connectivity index (χ2n) is 3.04. The van der Waals surface area contributed by atoms with Crippen LogP contribution in [0.25, 0.3) is 0 Å². The Morgan fingerprint density at radius 1 is 1.14 bits per heavy atom. The van der Waals surface area contributed by atoms with E-state index in [2.05, 4.69) is 0 Å². The fourth-order valence-electron chi connectivity index (χ4n) is 1.30. The first-order valence-corrected chi connectivity index (χ1v) is 5.57. The van der Waals surface area contributed by atoms with Crippen LogP contribution in [0.2, 0.25) is 5.02 Å². The third-order valence-electron chi connectivity index (χ3n) is 2.08. The second-order valence-corrected chi connectivity index (χ2v) is 4.46. The van der Waals surface area contributed by atoms with Crippen LogP contribution >= 0.6 is 22.9 Å².